The summed E-state index contributed by atoms with van der Waals surface area (Å²) in [6, 6.07) is 44.6. The van der Waals surface area contributed by atoms with E-state index < -0.39 is 37.1 Å². The highest BCUT2D eigenvalue weighted by molar-refractivity contribution is 8.53. The van der Waals surface area contributed by atoms with Crippen molar-refractivity contribution in [3.05, 3.63) is 184 Å². The molecule has 1 unspecified atom stereocenters. The van der Waals surface area contributed by atoms with Crippen molar-refractivity contribution in [2.75, 3.05) is 50.7 Å². The molecule has 5 aromatic carbocycles. The fourth-order valence-corrected chi connectivity index (χ4v) is 14.0. The number of methoxy groups -OCH3 is 2. The Labute approximate surface area is 410 Å². The van der Waals surface area contributed by atoms with Gasteiger partial charge in [-0.05, 0) is 59.4 Å². The number of benzene rings is 5. The van der Waals surface area contributed by atoms with Crippen LogP contribution in [0.2, 0.25) is 0 Å². The Kier molecular flexibility index (Phi) is 15.9. The molecular formula is C52H53N6O8PS2. The number of carbonyl (C=O) groups excluding carboxylic acids is 2. The Morgan fingerprint density at radius 2 is 1.42 bits per heavy atom. The first-order valence-corrected chi connectivity index (χ1v) is 26.6. The lowest BCUT2D eigenvalue weighted by molar-refractivity contribution is -0.115. The monoisotopic (exact) mass is 984 g/mol. The van der Waals surface area contributed by atoms with Crippen LogP contribution in [0.15, 0.2) is 151 Å². The molecule has 2 N–H and O–H groups in total. The van der Waals surface area contributed by atoms with Gasteiger partial charge >= 0.3 is 0 Å². The minimum atomic E-state index is -1.20. The molecular weight excluding hydrogens is 932 g/mol. The third-order valence-electron chi connectivity index (χ3n) is 12.1. The third kappa shape index (κ3) is 11.3. The second kappa shape index (κ2) is 22.7. The zero-order chi connectivity index (χ0) is 47.6. The van der Waals surface area contributed by atoms with E-state index in [1.807, 2.05) is 127 Å². The highest BCUT2D eigenvalue weighted by atomic mass is 32.7. The van der Waals surface area contributed by atoms with Crippen molar-refractivity contribution in [1.29, 1.82) is 0 Å². The molecule has 4 heterocycles. The number of hydrogen-bond donors (Lipinski definition) is 2. The predicted molar refractivity (Wildman–Crippen MR) is 272 cm³/mol. The van der Waals surface area contributed by atoms with Crippen LogP contribution in [-0.4, -0.2) is 92.8 Å². The number of anilines is 1. The van der Waals surface area contributed by atoms with Gasteiger partial charge in [0.15, 0.2) is 18.7 Å². The van der Waals surface area contributed by atoms with Gasteiger partial charge in [-0.3, -0.25) is 33.9 Å². The number of nitrogens with one attached hydrogen (secondary N) is 2. The lowest BCUT2D eigenvalue weighted by Crippen LogP contribution is -2.38. The molecule has 2 aliphatic heterocycles. The van der Waals surface area contributed by atoms with Gasteiger partial charge < -0.3 is 23.5 Å². The molecule has 2 aromatic heterocycles. The maximum absolute atomic E-state index is 13.5. The van der Waals surface area contributed by atoms with Crippen LogP contribution in [0.3, 0.4) is 0 Å². The van der Waals surface area contributed by atoms with E-state index in [1.165, 1.54) is 11.8 Å². The summed E-state index contributed by atoms with van der Waals surface area (Å²) in [5, 5.41) is 2.81. The van der Waals surface area contributed by atoms with E-state index in [4.69, 9.17) is 28.5 Å². The van der Waals surface area contributed by atoms with Crippen LogP contribution < -0.4 is 20.3 Å². The lowest BCUT2D eigenvalue weighted by atomic mass is 9.80. The summed E-state index contributed by atoms with van der Waals surface area (Å²) in [4.78, 5) is 51.5. The molecule has 9 rings (SSSR count). The smallest absolute Gasteiger partial charge is 0.280 e. The van der Waals surface area contributed by atoms with Crippen molar-refractivity contribution < 1.29 is 33.1 Å². The van der Waals surface area contributed by atoms with Crippen LogP contribution >= 0.6 is 30.6 Å². The lowest BCUT2D eigenvalue weighted by Gasteiger charge is -2.37. The number of H-pyrrole nitrogens is 1. The van der Waals surface area contributed by atoms with Crippen LogP contribution in [0.5, 0.6) is 11.5 Å². The highest BCUT2D eigenvalue weighted by Crippen LogP contribution is 2.58. The average Bonchev–Trinajstić information content (AvgIpc) is 4.18. The molecule has 1 amide bonds. The van der Waals surface area contributed by atoms with Gasteiger partial charge in [-0.15, -0.1) is 0 Å². The van der Waals surface area contributed by atoms with Crippen molar-refractivity contribution in [3.63, 3.8) is 0 Å². The molecule has 2 aliphatic rings. The van der Waals surface area contributed by atoms with Crippen molar-refractivity contribution in [2.24, 2.45) is 0 Å². The molecule has 0 spiro atoms. The number of ether oxygens (including phenoxy) is 4. The largest absolute Gasteiger partial charge is 0.497 e. The van der Waals surface area contributed by atoms with E-state index in [2.05, 4.69) is 32.1 Å². The standard InChI is InChI=1S/C52H53N6O8PS2/c1-62-41-24-20-39(21-25-41)52(38-18-10-5-11-19-38,40-22-26-42(63-2)27-23-40)64-34-44-43(66-67(57-28-12-13-29-57)69-31-30-68-50(61)37-16-8-4-9-17-37)33-46(65-44)58-35-53-47-48(58)55-51(56-49(47)60)54-45(59)32-36-14-6-3-7-15-36/h3-11,14-27,35,43-44,46H,12-13,28-34H2,1-2H3,(H2,54,55,56,59,60)/t43-,44+,46+,67?/m0/s1. The van der Waals surface area contributed by atoms with Gasteiger partial charge in [-0.1, -0.05) is 138 Å². The number of rotatable bonds is 20. The summed E-state index contributed by atoms with van der Waals surface area (Å²) in [7, 11) is 2.09. The number of aromatic nitrogens is 4. The minimum absolute atomic E-state index is 0.00468. The number of nitrogens with zero attached hydrogens (tertiary/aromatic N) is 4. The van der Waals surface area contributed by atoms with Gasteiger partial charge in [0.05, 0.1) is 39.7 Å². The van der Waals surface area contributed by atoms with E-state index in [1.54, 1.807) is 36.5 Å². The molecule has 4 atom stereocenters. The summed E-state index contributed by atoms with van der Waals surface area (Å²) in [5.74, 6) is 2.42. The molecule has 2 saturated heterocycles. The number of carbonyl (C=O) groups is 2. The first kappa shape index (κ1) is 48.2. The molecule has 7 aromatic rings. The number of amides is 1. The fraction of sp³-hybridized carbons (Fsp3) is 0.288. The third-order valence-corrected chi connectivity index (χ3v) is 17.3. The second-order valence-electron chi connectivity index (χ2n) is 16.5. The van der Waals surface area contributed by atoms with E-state index in [-0.39, 0.29) is 41.2 Å². The SMILES string of the molecule is COc1ccc(C(OC[C@H]2O[C@@H](n3cnc4c(=O)[nH]c(NC(=O)Cc5ccccc5)nc43)C[C@@H]2OP(SCCSC(=O)c2ccccc2)N2CCCC2)(c2ccccc2)c2ccc(OC)cc2)cc1. The summed E-state index contributed by atoms with van der Waals surface area (Å²) >= 11 is 3.05. The summed E-state index contributed by atoms with van der Waals surface area (Å²) in [5.41, 5.74) is 2.88. The molecule has 69 heavy (non-hydrogen) atoms. The molecule has 0 aliphatic carbocycles. The highest BCUT2D eigenvalue weighted by Gasteiger charge is 2.45. The molecule has 17 heteroatoms. The first-order valence-electron chi connectivity index (χ1n) is 22.8. The number of thioether (sulfide) groups is 1. The molecule has 356 valence electrons. The maximum Gasteiger partial charge on any atom is 0.280 e. The molecule has 0 saturated carbocycles. The Morgan fingerprint density at radius 1 is 0.812 bits per heavy atom. The topological polar surface area (TPSA) is 159 Å². The van der Waals surface area contributed by atoms with Crippen molar-refractivity contribution in [3.8, 4) is 11.5 Å². The van der Waals surface area contributed by atoms with Gasteiger partial charge in [-0.25, -0.2) is 4.98 Å². The average molecular weight is 985 g/mol. The van der Waals surface area contributed by atoms with Crippen LogP contribution in [0, 0.1) is 0 Å². The van der Waals surface area contributed by atoms with Crippen molar-refractivity contribution in [2.45, 2.75) is 49.7 Å². The molecule has 0 bridgehead atoms. The minimum Gasteiger partial charge on any atom is -0.497 e. The van der Waals surface area contributed by atoms with Crippen LogP contribution in [-0.2, 0) is 30.8 Å². The summed E-state index contributed by atoms with van der Waals surface area (Å²) in [6.45, 7) is 1.89. The Morgan fingerprint density at radius 3 is 2.06 bits per heavy atom. The van der Waals surface area contributed by atoms with Crippen molar-refractivity contribution in [1.82, 2.24) is 24.2 Å². The van der Waals surface area contributed by atoms with Crippen LogP contribution in [0.25, 0.3) is 11.2 Å². The van der Waals surface area contributed by atoms with Gasteiger partial charge in [0.2, 0.25) is 17.0 Å². The van der Waals surface area contributed by atoms with E-state index >= 15 is 0 Å². The quantitative estimate of drug-likeness (QED) is 0.0423. The van der Waals surface area contributed by atoms with E-state index in [9.17, 15) is 14.4 Å². The Bertz CT molecular complexity index is 2810. The van der Waals surface area contributed by atoms with E-state index in [0.29, 0.717) is 35.0 Å². The van der Waals surface area contributed by atoms with E-state index in [0.717, 1.165) is 48.2 Å². The maximum atomic E-state index is 13.5. The predicted octanol–water partition coefficient (Wildman–Crippen LogP) is 9.63. The summed E-state index contributed by atoms with van der Waals surface area (Å²) in [6.07, 6.45) is 2.37. The van der Waals surface area contributed by atoms with Gasteiger partial charge in [0, 0.05) is 36.6 Å². The normalized spacial score (nSPS) is 17.7. The van der Waals surface area contributed by atoms with Gasteiger partial charge in [0.1, 0.15) is 29.4 Å². The molecule has 2 fully saturated rings. The number of aromatic amines is 1. The summed E-state index contributed by atoms with van der Waals surface area (Å²) < 4.78 is 37.1. The van der Waals surface area contributed by atoms with Crippen LogP contribution in [0.1, 0.15) is 58.1 Å². The molecule has 14 nitrogen and oxygen atoms in total. The number of fused-ring (bicyclic) bond motifs is 1. The zero-order valence-corrected chi connectivity index (χ0v) is 40.8. The fourth-order valence-electron chi connectivity index (χ4n) is 8.63. The van der Waals surface area contributed by atoms with Gasteiger partial charge in [-0.2, -0.15) is 4.98 Å². The Balaban J connectivity index is 1.04. The molecule has 0 radical (unpaired) electrons. The van der Waals surface area contributed by atoms with Crippen LogP contribution in [0.4, 0.5) is 5.95 Å². The number of hydrogen-bond acceptors (Lipinski definition) is 13. The van der Waals surface area contributed by atoms with Crippen molar-refractivity contribution >= 4 is 58.8 Å². The second-order valence-corrected chi connectivity index (χ2v) is 21.2. The number of imidazole rings is 1. The first-order chi connectivity index (χ1) is 33.8. The van der Waals surface area contributed by atoms with Gasteiger partial charge in [0.25, 0.3) is 5.56 Å². The zero-order valence-electron chi connectivity index (χ0n) is 38.3. The Hall–Kier alpha value is -5.84.